The molecule has 1 aliphatic heterocycles. The van der Waals surface area contributed by atoms with Crippen LogP contribution in [0.25, 0.3) is 0 Å². The fourth-order valence-corrected chi connectivity index (χ4v) is 4.19. The Balaban J connectivity index is 1.91. The summed E-state index contributed by atoms with van der Waals surface area (Å²) in [4.78, 5) is 16.8. The molecular weight excluding hydrogens is 408 g/mol. The Morgan fingerprint density at radius 2 is 1.65 bits per heavy atom. The average Bonchev–Trinajstić information content (AvgIpc) is 2.96. The van der Waals surface area contributed by atoms with Crippen LogP contribution < -0.4 is 9.80 Å². The van der Waals surface area contributed by atoms with Gasteiger partial charge in [0.05, 0.1) is 6.04 Å². The van der Waals surface area contributed by atoms with Crippen LogP contribution in [-0.4, -0.2) is 17.2 Å². The van der Waals surface area contributed by atoms with Crippen molar-refractivity contribution in [2.24, 2.45) is 0 Å². The zero-order valence-electron chi connectivity index (χ0n) is 17.6. The van der Waals surface area contributed by atoms with Crippen molar-refractivity contribution in [3.63, 3.8) is 0 Å². The molecule has 0 saturated carbocycles. The maximum Gasteiger partial charge on any atom is 0.332 e. The second-order valence-corrected chi connectivity index (χ2v) is 8.09. The molecule has 31 heavy (non-hydrogen) atoms. The van der Waals surface area contributed by atoms with Crippen LogP contribution in [0, 0.1) is 18.8 Å². The average molecular weight is 431 g/mol. The molecule has 1 saturated heterocycles. The summed E-state index contributed by atoms with van der Waals surface area (Å²) in [6.45, 7) is 5.61. The van der Waals surface area contributed by atoms with Gasteiger partial charge in [-0.15, -0.1) is 5.92 Å². The van der Waals surface area contributed by atoms with Crippen LogP contribution in [0.2, 0.25) is 5.02 Å². The lowest BCUT2D eigenvalue weighted by molar-refractivity contribution is 0.0372. The highest BCUT2D eigenvalue weighted by molar-refractivity contribution is 6.30. The number of halogens is 1. The van der Waals surface area contributed by atoms with Crippen molar-refractivity contribution >= 4 is 29.0 Å². The summed E-state index contributed by atoms with van der Waals surface area (Å²) in [6.07, 6.45) is 0. The van der Waals surface area contributed by atoms with Gasteiger partial charge in [0.1, 0.15) is 0 Å². The summed E-state index contributed by atoms with van der Waals surface area (Å²) in [5.74, 6) is 5.92. The number of anilines is 2. The Bertz CT molecular complexity index is 1180. The van der Waals surface area contributed by atoms with E-state index in [0.29, 0.717) is 16.3 Å². The number of aliphatic hydroxyl groups is 1. The molecule has 0 aliphatic carbocycles. The van der Waals surface area contributed by atoms with Gasteiger partial charge in [-0.2, -0.15) is 0 Å². The Kier molecular flexibility index (Phi) is 5.49. The van der Waals surface area contributed by atoms with E-state index < -0.39 is 11.8 Å². The molecule has 1 heterocycles. The summed E-state index contributed by atoms with van der Waals surface area (Å²) in [6, 6.07) is 21.1. The third-order valence-electron chi connectivity index (χ3n) is 5.66. The number of amides is 2. The third kappa shape index (κ3) is 3.57. The minimum atomic E-state index is -1.61. The first-order valence-electron chi connectivity index (χ1n) is 10.1. The highest BCUT2D eigenvalue weighted by Gasteiger charge is 2.56. The highest BCUT2D eigenvalue weighted by atomic mass is 35.5. The zero-order chi connectivity index (χ0) is 22.2. The van der Waals surface area contributed by atoms with E-state index in [-0.39, 0.29) is 6.03 Å². The molecule has 1 aliphatic rings. The van der Waals surface area contributed by atoms with E-state index >= 15 is 0 Å². The van der Waals surface area contributed by atoms with E-state index in [1.165, 1.54) is 4.90 Å². The van der Waals surface area contributed by atoms with Crippen molar-refractivity contribution in [3.8, 4) is 11.8 Å². The van der Waals surface area contributed by atoms with E-state index in [1.807, 2.05) is 62.4 Å². The minimum Gasteiger partial charge on any atom is -0.365 e. The van der Waals surface area contributed by atoms with Crippen molar-refractivity contribution in [2.75, 3.05) is 9.80 Å². The molecule has 0 spiro atoms. The lowest BCUT2D eigenvalue weighted by atomic mass is 9.93. The van der Waals surface area contributed by atoms with Crippen LogP contribution in [-0.2, 0) is 5.72 Å². The number of benzene rings is 3. The van der Waals surface area contributed by atoms with Gasteiger partial charge in [-0.1, -0.05) is 47.4 Å². The molecular formula is C26H23ClN2O2. The van der Waals surface area contributed by atoms with Crippen molar-refractivity contribution in [1.82, 2.24) is 0 Å². The molecule has 0 aromatic heterocycles. The fourth-order valence-electron chi connectivity index (χ4n) is 4.06. The number of nitrogens with zero attached hydrogens (tertiary/aromatic N) is 2. The monoisotopic (exact) mass is 430 g/mol. The predicted molar refractivity (Wildman–Crippen MR) is 125 cm³/mol. The number of urea groups is 1. The van der Waals surface area contributed by atoms with Crippen LogP contribution in [0.15, 0.2) is 72.8 Å². The smallest absolute Gasteiger partial charge is 0.332 e. The maximum absolute atomic E-state index is 13.7. The van der Waals surface area contributed by atoms with Crippen molar-refractivity contribution in [3.05, 3.63) is 94.5 Å². The van der Waals surface area contributed by atoms with Crippen LogP contribution >= 0.6 is 11.6 Å². The second-order valence-electron chi connectivity index (χ2n) is 7.66. The standard InChI is InChI=1S/C26H23ClN2O2/c1-4-6-20-7-5-8-21(17-20)26(31)19(3)28(23-13-9-18(2)10-14-23)25(30)29(26)24-15-11-22(27)12-16-24/h5,7-17,19,31H,1-3H3. The molecule has 4 nitrogen and oxygen atoms in total. The molecule has 5 heteroatoms. The number of aryl methyl sites for hydroxylation is 1. The number of hydrogen-bond acceptors (Lipinski definition) is 2. The minimum absolute atomic E-state index is 0.312. The first-order valence-corrected chi connectivity index (χ1v) is 10.5. The normalized spacial score (nSPS) is 20.5. The van der Waals surface area contributed by atoms with Gasteiger partial charge in [0, 0.05) is 27.5 Å². The molecule has 1 fully saturated rings. The second kappa shape index (κ2) is 8.11. The quantitative estimate of drug-likeness (QED) is 0.541. The van der Waals surface area contributed by atoms with Gasteiger partial charge in [-0.25, -0.2) is 4.79 Å². The number of carbonyl (C=O) groups is 1. The van der Waals surface area contributed by atoms with Gasteiger partial charge in [0.25, 0.3) is 0 Å². The molecule has 4 rings (SSSR count). The first-order chi connectivity index (χ1) is 14.9. The topological polar surface area (TPSA) is 43.8 Å². The molecule has 3 aromatic rings. The highest BCUT2D eigenvalue weighted by Crippen LogP contribution is 2.44. The van der Waals surface area contributed by atoms with Crippen LogP contribution in [0.4, 0.5) is 16.2 Å². The zero-order valence-corrected chi connectivity index (χ0v) is 18.4. The van der Waals surface area contributed by atoms with Crippen molar-refractivity contribution < 1.29 is 9.90 Å². The Labute approximate surface area is 187 Å². The van der Waals surface area contributed by atoms with Crippen molar-refractivity contribution in [1.29, 1.82) is 0 Å². The summed E-state index contributed by atoms with van der Waals surface area (Å²) < 4.78 is 0. The van der Waals surface area contributed by atoms with Gasteiger partial charge < -0.3 is 5.11 Å². The lowest BCUT2D eigenvalue weighted by Gasteiger charge is -2.35. The molecule has 0 bridgehead atoms. The Morgan fingerprint density at radius 1 is 1.00 bits per heavy atom. The molecule has 2 atom stereocenters. The molecule has 0 radical (unpaired) electrons. The van der Waals surface area contributed by atoms with Crippen LogP contribution in [0.5, 0.6) is 0 Å². The third-order valence-corrected chi connectivity index (χ3v) is 5.91. The van der Waals surface area contributed by atoms with Gasteiger partial charge in [-0.3, -0.25) is 9.80 Å². The first kappa shape index (κ1) is 21.0. The Morgan fingerprint density at radius 3 is 2.29 bits per heavy atom. The van der Waals surface area contributed by atoms with Crippen LogP contribution in [0.3, 0.4) is 0 Å². The van der Waals surface area contributed by atoms with E-state index in [1.54, 1.807) is 36.1 Å². The van der Waals surface area contributed by atoms with Gasteiger partial charge in [-0.05, 0) is 69.3 Å². The van der Waals surface area contributed by atoms with Crippen molar-refractivity contribution in [2.45, 2.75) is 32.5 Å². The fraction of sp³-hybridized carbons (Fsp3) is 0.192. The lowest BCUT2D eigenvalue weighted by Crippen LogP contribution is -2.48. The number of hydrogen-bond donors (Lipinski definition) is 1. The van der Waals surface area contributed by atoms with Gasteiger partial charge in [0.2, 0.25) is 0 Å². The summed E-state index contributed by atoms with van der Waals surface area (Å²) in [5, 5.41) is 12.7. The molecule has 2 amide bonds. The van der Waals surface area contributed by atoms with Gasteiger partial charge in [0.15, 0.2) is 5.72 Å². The van der Waals surface area contributed by atoms with E-state index in [0.717, 1.165) is 16.8 Å². The van der Waals surface area contributed by atoms with Gasteiger partial charge >= 0.3 is 6.03 Å². The largest absolute Gasteiger partial charge is 0.365 e. The Hall–Kier alpha value is -3.26. The van der Waals surface area contributed by atoms with E-state index in [2.05, 4.69) is 11.8 Å². The number of rotatable bonds is 3. The summed E-state index contributed by atoms with van der Waals surface area (Å²) in [7, 11) is 0. The molecule has 2 unspecified atom stereocenters. The van der Waals surface area contributed by atoms with E-state index in [9.17, 15) is 9.90 Å². The van der Waals surface area contributed by atoms with E-state index in [4.69, 9.17) is 11.6 Å². The molecule has 3 aromatic carbocycles. The summed E-state index contributed by atoms with van der Waals surface area (Å²) in [5.41, 5.74) is 2.14. The number of carbonyl (C=O) groups excluding carboxylic acids is 1. The maximum atomic E-state index is 13.7. The molecule has 1 N–H and O–H groups in total. The predicted octanol–water partition coefficient (Wildman–Crippen LogP) is 5.70. The summed E-state index contributed by atoms with van der Waals surface area (Å²) >= 11 is 6.07. The molecule has 156 valence electrons. The SMILES string of the molecule is CC#Cc1cccc(C2(O)C(C)N(c3ccc(C)cc3)C(=O)N2c2ccc(Cl)cc2)c1. The van der Waals surface area contributed by atoms with Crippen LogP contribution in [0.1, 0.15) is 30.5 Å².